The highest BCUT2D eigenvalue weighted by atomic mass is 16.7. The van der Waals surface area contributed by atoms with E-state index in [-0.39, 0.29) is 0 Å². The van der Waals surface area contributed by atoms with Crippen LogP contribution < -0.4 is 5.48 Å². The topological polar surface area (TPSA) is 30.5 Å². The van der Waals surface area contributed by atoms with E-state index in [1.807, 2.05) is 0 Å². The lowest BCUT2D eigenvalue weighted by atomic mass is 10.5. The van der Waals surface area contributed by atoms with Crippen LogP contribution >= 0.6 is 0 Å². The number of hydroxylamine groups is 1. The average Bonchev–Trinajstić information content (AvgIpc) is 1.90. The standard InChI is InChI=1S/C4H8NO2/c1-2-6-4-5-7-3-1/h3,5H,1-2,4H2. The Kier molecular flexibility index (Phi) is 2.12. The van der Waals surface area contributed by atoms with Crippen molar-refractivity contribution in [3.63, 3.8) is 0 Å². The maximum Gasteiger partial charge on any atom is 0.119 e. The van der Waals surface area contributed by atoms with Crippen molar-refractivity contribution >= 4 is 0 Å². The second-order valence-electron chi connectivity index (χ2n) is 1.27. The Morgan fingerprint density at radius 3 is 3.57 bits per heavy atom. The minimum absolute atomic E-state index is 0.497. The summed E-state index contributed by atoms with van der Waals surface area (Å²) in [7, 11) is 0. The van der Waals surface area contributed by atoms with Gasteiger partial charge in [-0.05, 0) is 0 Å². The summed E-state index contributed by atoms with van der Waals surface area (Å²) in [5.74, 6) is 0. The molecule has 0 aromatic carbocycles. The van der Waals surface area contributed by atoms with E-state index in [9.17, 15) is 0 Å². The van der Waals surface area contributed by atoms with Gasteiger partial charge in [0.25, 0.3) is 0 Å². The molecule has 0 atom stereocenters. The predicted molar refractivity (Wildman–Crippen MR) is 24.0 cm³/mol. The van der Waals surface area contributed by atoms with E-state index in [1.54, 1.807) is 6.61 Å². The highest BCUT2D eigenvalue weighted by Crippen LogP contribution is 1.91. The zero-order chi connectivity index (χ0) is 4.95. The summed E-state index contributed by atoms with van der Waals surface area (Å²) in [6.45, 7) is 2.94. The van der Waals surface area contributed by atoms with Crippen molar-refractivity contribution in [1.82, 2.24) is 5.48 Å². The van der Waals surface area contributed by atoms with Crippen LogP contribution in [-0.2, 0) is 9.57 Å². The molecule has 1 saturated heterocycles. The summed E-state index contributed by atoms with van der Waals surface area (Å²) in [4.78, 5) is 4.69. The SMILES string of the molecule is [CH]1CCOCNO1. The van der Waals surface area contributed by atoms with Crippen molar-refractivity contribution in [3.8, 4) is 0 Å². The molecule has 0 aliphatic carbocycles. The van der Waals surface area contributed by atoms with Gasteiger partial charge in [-0.3, -0.25) is 4.84 Å². The molecule has 1 rings (SSSR count). The van der Waals surface area contributed by atoms with E-state index < -0.39 is 0 Å². The van der Waals surface area contributed by atoms with Crippen molar-refractivity contribution in [1.29, 1.82) is 0 Å². The van der Waals surface area contributed by atoms with Gasteiger partial charge >= 0.3 is 0 Å². The largest absolute Gasteiger partial charge is 0.364 e. The van der Waals surface area contributed by atoms with Crippen molar-refractivity contribution in [2.75, 3.05) is 13.3 Å². The van der Waals surface area contributed by atoms with Crippen molar-refractivity contribution < 1.29 is 9.57 Å². The molecule has 1 heterocycles. The van der Waals surface area contributed by atoms with Gasteiger partial charge < -0.3 is 4.74 Å². The van der Waals surface area contributed by atoms with Gasteiger partial charge in [0.05, 0.1) is 6.61 Å². The van der Waals surface area contributed by atoms with E-state index in [1.165, 1.54) is 0 Å². The Hall–Kier alpha value is -0.120. The molecule has 0 aromatic heterocycles. The molecule has 0 spiro atoms. The zero-order valence-corrected chi connectivity index (χ0v) is 4.02. The summed E-state index contributed by atoms with van der Waals surface area (Å²) in [6, 6.07) is 0. The third-order valence-electron chi connectivity index (χ3n) is 0.708. The molecule has 1 N–H and O–H groups in total. The van der Waals surface area contributed by atoms with Crippen molar-refractivity contribution in [3.05, 3.63) is 6.61 Å². The third-order valence-corrected chi connectivity index (χ3v) is 0.708. The van der Waals surface area contributed by atoms with Crippen molar-refractivity contribution in [2.24, 2.45) is 0 Å². The molecule has 1 aliphatic rings. The summed E-state index contributed by atoms with van der Waals surface area (Å²) in [5.41, 5.74) is 2.57. The van der Waals surface area contributed by atoms with Crippen LogP contribution in [0.5, 0.6) is 0 Å². The fourth-order valence-electron chi connectivity index (χ4n) is 0.397. The second kappa shape index (κ2) is 2.96. The number of hydrogen-bond donors (Lipinski definition) is 1. The Morgan fingerprint density at radius 2 is 2.57 bits per heavy atom. The molecule has 0 aromatic rings. The molecule has 0 bridgehead atoms. The van der Waals surface area contributed by atoms with Crippen LogP contribution in [0.3, 0.4) is 0 Å². The number of ether oxygens (including phenoxy) is 1. The summed E-state index contributed by atoms with van der Waals surface area (Å²) in [6.07, 6.45) is 0.868. The van der Waals surface area contributed by atoms with Gasteiger partial charge in [-0.1, -0.05) is 0 Å². The Balaban J connectivity index is 2.04. The van der Waals surface area contributed by atoms with E-state index in [2.05, 4.69) is 5.48 Å². The molecule has 41 valence electrons. The van der Waals surface area contributed by atoms with E-state index >= 15 is 0 Å². The van der Waals surface area contributed by atoms with Crippen LogP contribution in [0, 0.1) is 6.61 Å². The minimum Gasteiger partial charge on any atom is -0.364 e. The minimum atomic E-state index is 0.497. The summed E-state index contributed by atoms with van der Waals surface area (Å²) < 4.78 is 4.93. The smallest absolute Gasteiger partial charge is 0.119 e. The van der Waals surface area contributed by atoms with Gasteiger partial charge in [0.15, 0.2) is 0 Å². The summed E-state index contributed by atoms with van der Waals surface area (Å²) in [5, 5.41) is 0. The molecule has 0 unspecified atom stereocenters. The van der Waals surface area contributed by atoms with Gasteiger partial charge in [0.1, 0.15) is 13.3 Å². The monoisotopic (exact) mass is 102 g/mol. The molecular formula is C4H8NO2. The molecule has 7 heavy (non-hydrogen) atoms. The Labute approximate surface area is 42.6 Å². The van der Waals surface area contributed by atoms with Crippen LogP contribution in [0.15, 0.2) is 0 Å². The lowest BCUT2D eigenvalue weighted by Crippen LogP contribution is -2.12. The molecular weight excluding hydrogens is 94.0 g/mol. The van der Waals surface area contributed by atoms with Crippen LogP contribution in [0.1, 0.15) is 6.42 Å². The molecule has 0 amide bonds. The predicted octanol–water partition coefficient (Wildman–Crippen LogP) is 0.0472. The fourth-order valence-corrected chi connectivity index (χ4v) is 0.397. The van der Waals surface area contributed by atoms with Crippen LogP contribution in [0.2, 0.25) is 0 Å². The third kappa shape index (κ3) is 1.87. The molecule has 1 aliphatic heterocycles. The van der Waals surface area contributed by atoms with Crippen LogP contribution in [-0.4, -0.2) is 13.3 Å². The van der Waals surface area contributed by atoms with Gasteiger partial charge in [0.2, 0.25) is 0 Å². The average molecular weight is 102 g/mol. The number of rotatable bonds is 0. The van der Waals surface area contributed by atoms with E-state index in [4.69, 9.17) is 9.57 Å². The van der Waals surface area contributed by atoms with E-state index in [0.717, 1.165) is 13.0 Å². The van der Waals surface area contributed by atoms with E-state index in [0.29, 0.717) is 6.73 Å². The molecule has 0 saturated carbocycles. The highest BCUT2D eigenvalue weighted by Gasteiger charge is 1.94. The molecule has 1 radical (unpaired) electrons. The first-order valence-corrected chi connectivity index (χ1v) is 2.28. The lowest BCUT2D eigenvalue weighted by molar-refractivity contribution is 0.0326. The quantitative estimate of drug-likeness (QED) is 0.468. The maximum atomic E-state index is 4.93. The molecule has 3 heteroatoms. The van der Waals surface area contributed by atoms with Crippen molar-refractivity contribution in [2.45, 2.75) is 6.42 Å². The van der Waals surface area contributed by atoms with Gasteiger partial charge in [-0.15, -0.1) is 0 Å². The Bertz CT molecular complexity index is 29.3. The van der Waals surface area contributed by atoms with Gasteiger partial charge in [0, 0.05) is 6.42 Å². The Morgan fingerprint density at radius 1 is 1.57 bits per heavy atom. The first-order valence-electron chi connectivity index (χ1n) is 2.28. The number of nitrogens with one attached hydrogen (secondary N) is 1. The maximum absolute atomic E-state index is 4.93. The first-order chi connectivity index (χ1) is 3.50. The van der Waals surface area contributed by atoms with Crippen LogP contribution in [0.25, 0.3) is 0 Å². The van der Waals surface area contributed by atoms with Gasteiger partial charge in [-0.25, -0.2) is 0 Å². The molecule has 3 nitrogen and oxygen atoms in total. The second-order valence-corrected chi connectivity index (χ2v) is 1.27. The van der Waals surface area contributed by atoms with Gasteiger partial charge in [-0.2, -0.15) is 5.48 Å². The zero-order valence-electron chi connectivity index (χ0n) is 4.02. The van der Waals surface area contributed by atoms with Crippen LogP contribution in [0.4, 0.5) is 0 Å². The molecule has 1 fully saturated rings. The fraction of sp³-hybridized carbons (Fsp3) is 0.750. The normalized spacial score (nSPS) is 24.0. The summed E-state index contributed by atoms with van der Waals surface area (Å²) >= 11 is 0. The lowest BCUT2D eigenvalue weighted by Gasteiger charge is -1.94. The first kappa shape index (κ1) is 5.03. The number of hydrogen-bond acceptors (Lipinski definition) is 3. The highest BCUT2D eigenvalue weighted by molar-refractivity contribution is 4.48.